The molecule has 5 nitrogen and oxygen atoms in total. The first-order valence-electron chi connectivity index (χ1n) is 11.4. The van der Waals surface area contributed by atoms with Crippen molar-refractivity contribution < 1.29 is 19.1 Å². The average molecular weight is 442 g/mol. The summed E-state index contributed by atoms with van der Waals surface area (Å²) in [5.74, 6) is 1.60. The van der Waals surface area contributed by atoms with Crippen molar-refractivity contribution in [3.63, 3.8) is 0 Å². The molecule has 1 heterocycles. The fourth-order valence-corrected chi connectivity index (χ4v) is 4.66. The van der Waals surface area contributed by atoms with Gasteiger partial charge in [0.25, 0.3) is 5.91 Å². The van der Waals surface area contributed by atoms with Crippen molar-refractivity contribution in [2.75, 3.05) is 13.8 Å². The van der Waals surface area contributed by atoms with E-state index in [-0.39, 0.29) is 18.5 Å². The highest BCUT2D eigenvalue weighted by Gasteiger charge is 2.50. The molecule has 0 spiro atoms. The summed E-state index contributed by atoms with van der Waals surface area (Å²) in [6.45, 7) is 2.36. The molecule has 168 valence electrons. The summed E-state index contributed by atoms with van der Waals surface area (Å²) in [5.41, 5.74) is 5.62. The molecule has 3 aromatic carbocycles. The quantitative estimate of drug-likeness (QED) is 0.569. The van der Waals surface area contributed by atoms with Crippen molar-refractivity contribution >= 4 is 11.7 Å². The minimum absolute atomic E-state index is 0.102. The van der Waals surface area contributed by atoms with E-state index in [0.717, 1.165) is 53.0 Å². The van der Waals surface area contributed by atoms with E-state index in [1.807, 2.05) is 42.5 Å². The zero-order valence-electron chi connectivity index (χ0n) is 18.9. The number of ether oxygens (including phenoxy) is 2. The molecule has 0 atom stereocenters. The molecule has 0 aromatic heterocycles. The second-order valence-corrected chi connectivity index (χ2v) is 8.75. The predicted molar refractivity (Wildman–Crippen MR) is 127 cm³/mol. The van der Waals surface area contributed by atoms with Crippen LogP contribution < -0.4 is 14.8 Å². The molecule has 33 heavy (non-hydrogen) atoms. The Hall–Kier alpha value is -3.60. The second-order valence-electron chi connectivity index (χ2n) is 8.75. The Morgan fingerprint density at radius 1 is 0.939 bits per heavy atom. The SMILES string of the molecule is CCc1ccc(CC(=O)C2(c3ccc4c(c3)OCO4)CC2)cc1-c1ccc(C(=O)NC)cc1. The number of hydrogen-bond donors (Lipinski definition) is 1. The molecule has 3 aromatic rings. The lowest BCUT2D eigenvalue weighted by atomic mass is 9.86. The molecule has 5 rings (SSSR count). The lowest BCUT2D eigenvalue weighted by molar-refractivity contribution is -0.120. The number of benzene rings is 3. The molecule has 1 aliphatic heterocycles. The monoisotopic (exact) mass is 441 g/mol. The fraction of sp³-hybridized carbons (Fsp3) is 0.286. The van der Waals surface area contributed by atoms with Gasteiger partial charge in [0, 0.05) is 19.0 Å². The topological polar surface area (TPSA) is 64.6 Å². The van der Waals surface area contributed by atoms with Gasteiger partial charge in [-0.25, -0.2) is 0 Å². The summed E-state index contributed by atoms with van der Waals surface area (Å²) in [6.07, 6.45) is 3.02. The molecule has 1 fully saturated rings. The van der Waals surface area contributed by atoms with Crippen LogP contribution in [0.5, 0.6) is 11.5 Å². The molecule has 0 unspecified atom stereocenters. The number of ketones is 1. The molecule has 1 amide bonds. The molecular weight excluding hydrogens is 414 g/mol. The van der Waals surface area contributed by atoms with Crippen LogP contribution in [0.4, 0.5) is 0 Å². The van der Waals surface area contributed by atoms with E-state index in [9.17, 15) is 9.59 Å². The van der Waals surface area contributed by atoms with Gasteiger partial charge < -0.3 is 14.8 Å². The molecule has 0 radical (unpaired) electrons. The number of amides is 1. The van der Waals surface area contributed by atoms with Crippen LogP contribution in [-0.2, 0) is 23.1 Å². The first-order valence-corrected chi connectivity index (χ1v) is 11.4. The highest BCUT2D eigenvalue weighted by Crippen LogP contribution is 2.51. The third kappa shape index (κ3) is 3.88. The van der Waals surface area contributed by atoms with E-state index in [0.29, 0.717) is 12.0 Å². The van der Waals surface area contributed by atoms with Gasteiger partial charge in [-0.1, -0.05) is 43.3 Å². The van der Waals surface area contributed by atoms with Crippen molar-refractivity contribution in [1.82, 2.24) is 5.32 Å². The lowest BCUT2D eigenvalue weighted by Crippen LogP contribution is -2.22. The normalized spacial score (nSPS) is 15.2. The third-order valence-electron chi connectivity index (χ3n) is 6.81. The van der Waals surface area contributed by atoms with Crippen LogP contribution in [0.3, 0.4) is 0 Å². The average Bonchev–Trinajstić information content (AvgIpc) is 3.54. The van der Waals surface area contributed by atoms with Crippen LogP contribution in [0.1, 0.15) is 46.8 Å². The number of rotatable bonds is 7. The maximum atomic E-state index is 13.4. The van der Waals surface area contributed by atoms with Gasteiger partial charge in [0.05, 0.1) is 5.41 Å². The van der Waals surface area contributed by atoms with Crippen LogP contribution in [0.15, 0.2) is 60.7 Å². The Bertz CT molecular complexity index is 1230. The summed E-state index contributed by atoms with van der Waals surface area (Å²) in [7, 11) is 1.63. The molecule has 1 aliphatic carbocycles. The first-order chi connectivity index (χ1) is 16.0. The van der Waals surface area contributed by atoms with Crippen molar-refractivity contribution in [2.45, 2.75) is 38.0 Å². The van der Waals surface area contributed by atoms with Gasteiger partial charge in [0.1, 0.15) is 5.78 Å². The number of hydrogen-bond acceptors (Lipinski definition) is 4. The summed E-state index contributed by atoms with van der Waals surface area (Å²) in [4.78, 5) is 25.3. The Balaban J connectivity index is 1.40. The number of aryl methyl sites for hydroxylation is 1. The number of carbonyl (C=O) groups is 2. The van der Waals surface area contributed by atoms with E-state index in [4.69, 9.17) is 9.47 Å². The predicted octanol–water partition coefficient (Wildman–Crippen LogP) is 4.85. The number of carbonyl (C=O) groups excluding carboxylic acids is 2. The molecule has 0 saturated heterocycles. The van der Waals surface area contributed by atoms with E-state index in [1.165, 1.54) is 5.56 Å². The molecule has 1 N–H and O–H groups in total. The highest BCUT2D eigenvalue weighted by atomic mass is 16.7. The Morgan fingerprint density at radius 2 is 1.70 bits per heavy atom. The van der Waals surface area contributed by atoms with E-state index < -0.39 is 5.41 Å². The zero-order valence-corrected chi connectivity index (χ0v) is 18.9. The van der Waals surface area contributed by atoms with E-state index >= 15 is 0 Å². The van der Waals surface area contributed by atoms with Gasteiger partial charge in [0.2, 0.25) is 6.79 Å². The minimum atomic E-state index is -0.417. The van der Waals surface area contributed by atoms with Crippen molar-refractivity contribution in [3.05, 3.63) is 82.9 Å². The van der Waals surface area contributed by atoms with Crippen LogP contribution in [0, 0.1) is 0 Å². The van der Waals surface area contributed by atoms with Gasteiger partial charge in [-0.2, -0.15) is 0 Å². The van der Waals surface area contributed by atoms with Gasteiger partial charge in [-0.3, -0.25) is 9.59 Å². The van der Waals surface area contributed by atoms with E-state index in [2.05, 4.69) is 30.4 Å². The molecule has 1 saturated carbocycles. The number of nitrogens with one attached hydrogen (secondary N) is 1. The van der Waals surface area contributed by atoms with Crippen LogP contribution in [0.25, 0.3) is 11.1 Å². The van der Waals surface area contributed by atoms with E-state index in [1.54, 1.807) is 7.05 Å². The Morgan fingerprint density at radius 3 is 2.39 bits per heavy atom. The van der Waals surface area contributed by atoms with Crippen molar-refractivity contribution in [2.24, 2.45) is 0 Å². The van der Waals surface area contributed by atoms with Gasteiger partial charge in [-0.05, 0) is 71.3 Å². The second kappa shape index (κ2) is 8.39. The largest absolute Gasteiger partial charge is 0.454 e. The smallest absolute Gasteiger partial charge is 0.251 e. The summed E-state index contributed by atoms with van der Waals surface area (Å²) < 4.78 is 10.9. The highest BCUT2D eigenvalue weighted by molar-refractivity contribution is 5.95. The minimum Gasteiger partial charge on any atom is -0.454 e. The Kier molecular flexibility index (Phi) is 5.41. The molecule has 0 bridgehead atoms. The third-order valence-corrected chi connectivity index (χ3v) is 6.81. The van der Waals surface area contributed by atoms with Crippen LogP contribution in [-0.4, -0.2) is 25.5 Å². The molecular formula is C28H27NO4. The Labute approximate surface area is 193 Å². The van der Waals surface area contributed by atoms with Crippen LogP contribution in [0.2, 0.25) is 0 Å². The van der Waals surface area contributed by atoms with Crippen molar-refractivity contribution in [1.29, 1.82) is 0 Å². The van der Waals surface area contributed by atoms with Crippen LogP contribution >= 0.6 is 0 Å². The lowest BCUT2D eigenvalue weighted by Gasteiger charge is -2.16. The number of fused-ring (bicyclic) bond motifs is 1. The summed E-state index contributed by atoms with van der Waals surface area (Å²) >= 11 is 0. The maximum absolute atomic E-state index is 13.4. The molecule has 5 heteroatoms. The van der Waals surface area contributed by atoms with Gasteiger partial charge >= 0.3 is 0 Å². The molecule has 2 aliphatic rings. The summed E-state index contributed by atoms with van der Waals surface area (Å²) in [6, 6.07) is 19.8. The zero-order chi connectivity index (χ0) is 23.0. The number of Topliss-reactive ketones (excluding diaryl/α,β-unsaturated/α-hetero) is 1. The van der Waals surface area contributed by atoms with Crippen molar-refractivity contribution in [3.8, 4) is 22.6 Å². The fourth-order valence-electron chi connectivity index (χ4n) is 4.66. The van der Waals surface area contributed by atoms with Gasteiger partial charge in [-0.15, -0.1) is 0 Å². The van der Waals surface area contributed by atoms with Gasteiger partial charge in [0.15, 0.2) is 11.5 Å². The maximum Gasteiger partial charge on any atom is 0.251 e. The standard InChI is InChI=1S/C28H27NO4/c1-3-19-5-4-18(14-23(19)20-6-8-21(9-7-20)27(31)29-2)15-26(30)28(12-13-28)22-10-11-24-25(16-22)33-17-32-24/h4-11,14,16H,3,12-13,15,17H2,1-2H3,(H,29,31). The first kappa shape index (κ1) is 21.3. The summed E-state index contributed by atoms with van der Waals surface area (Å²) in [5, 5.41) is 2.65.